The first-order valence-corrected chi connectivity index (χ1v) is 22.7. The van der Waals surface area contributed by atoms with Crippen LogP contribution in [0.1, 0.15) is 68.0 Å². The van der Waals surface area contributed by atoms with E-state index in [1.54, 1.807) is 0 Å². The number of rotatable bonds is 3. The van der Waals surface area contributed by atoms with E-state index in [0.29, 0.717) is 4.22 Å². The zero-order valence-corrected chi connectivity index (χ0v) is 29.1. The summed E-state index contributed by atoms with van der Waals surface area (Å²) in [5.41, 5.74) is 8.70. The molecule has 1 aliphatic carbocycles. The summed E-state index contributed by atoms with van der Waals surface area (Å²) in [6, 6.07) is 29.6. The second kappa shape index (κ2) is 11.6. The molecule has 1 aliphatic rings. The Morgan fingerprint density at radius 3 is 1.52 bits per heavy atom. The summed E-state index contributed by atoms with van der Waals surface area (Å²) >= 11 is -3.56. The van der Waals surface area contributed by atoms with Gasteiger partial charge in [-0.2, -0.15) is 0 Å². The van der Waals surface area contributed by atoms with Gasteiger partial charge in [0.1, 0.15) is 0 Å². The van der Waals surface area contributed by atoms with Crippen molar-refractivity contribution >= 4 is 18.4 Å². The number of benzene rings is 4. The van der Waals surface area contributed by atoms with Gasteiger partial charge in [0.2, 0.25) is 0 Å². The van der Waals surface area contributed by atoms with Gasteiger partial charge < -0.3 is 10.2 Å². The molecular weight excluding hydrogens is 544 g/mol. The van der Waals surface area contributed by atoms with Gasteiger partial charge in [-0.05, 0) is 0 Å². The fourth-order valence-corrected chi connectivity index (χ4v) is 13.7. The third kappa shape index (κ3) is 6.48. The first-order chi connectivity index (χ1) is 18.6. The van der Waals surface area contributed by atoms with Gasteiger partial charge in [0.25, 0.3) is 0 Å². The molecule has 4 aromatic carbocycles. The second-order valence-electron chi connectivity index (χ2n) is 13.8. The van der Waals surface area contributed by atoms with Crippen molar-refractivity contribution < 1.29 is 28.0 Å². The van der Waals surface area contributed by atoms with Crippen LogP contribution >= 0.6 is 0 Å². The van der Waals surface area contributed by atoms with Gasteiger partial charge in [-0.25, -0.2) is 0 Å². The van der Waals surface area contributed by atoms with E-state index in [1.165, 1.54) is 44.2 Å². The summed E-state index contributed by atoms with van der Waals surface area (Å²) in [6.07, 6.45) is 0. The van der Waals surface area contributed by atoms with Crippen molar-refractivity contribution in [3.05, 3.63) is 101 Å². The Morgan fingerprint density at radius 2 is 1.07 bits per heavy atom. The van der Waals surface area contributed by atoms with E-state index >= 15 is 0 Å². The molecule has 0 aromatic heterocycles. The molecule has 0 bridgehead atoms. The summed E-state index contributed by atoms with van der Waals surface area (Å²) < 4.78 is 7.50. The molecule has 0 heterocycles. The van der Waals surface area contributed by atoms with Crippen LogP contribution in [-0.4, -0.2) is 32.1 Å². The molecule has 214 valence electrons. The Kier molecular flexibility index (Phi) is 9.35. The van der Waals surface area contributed by atoms with Crippen LogP contribution in [0, 0.1) is 0 Å². The van der Waals surface area contributed by atoms with Gasteiger partial charge in [0.15, 0.2) is 0 Å². The number of hydrogen-bond donors (Lipinski definition) is 2. The Bertz CT molecular complexity index is 1500. The summed E-state index contributed by atoms with van der Waals surface area (Å²) in [4.78, 5) is 0. The topological polar surface area (TPSA) is 49.7 Å². The van der Waals surface area contributed by atoms with Crippen molar-refractivity contribution in [2.45, 2.75) is 67.1 Å². The Morgan fingerprint density at radius 1 is 0.625 bits per heavy atom. The molecular formula is C35H48O3SiTi. The molecule has 0 radical (unpaired) electrons. The van der Waals surface area contributed by atoms with E-state index in [1.807, 2.05) is 0 Å². The van der Waals surface area contributed by atoms with Crippen LogP contribution in [0.25, 0.3) is 21.9 Å². The normalized spacial score (nSPS) is 13.4. The predicted octanol–water partition coefficient (Wildman–Crippen LogP) is 8.05. The summed E-state index contributed by atoms with van der Waals surface area (Å²) in [5.74, 6) is 0.998. The van der Waals surface area contributed by atoms with Crippen molar-refractivity contribution in [3.8, 4) is 16.9 Å². The zero-order chi connectivity index (χ0) is 30.1. The molecule has 5 rings (SSSR count). The first kappa shape index (κ1) is 32.3. The standard InChI is InChI=1S/C21H25.C10H8O.2CH4O.2CH3.H2Si.Ti/c1-20(2,3)16-9-7-14-11-15-8-10-17(21(4,5)6)13-19(15)18(14)12-16;11-10-6-5-8-3-1-2-4-9(8)7-10;2*1-2;;;;/h7-13H,1-6H3;1-7,11H;2*2H,1H3;2*1H3;1H2;/q;;;;;;;+1/p-1. The average Bonchev–Trinajstić information content (AvgIpc) is 3.24. The number of aliphatic hydroxyl groups excluding tert-OH is 2. The van der Waals surface area contributed by atoms with Gasteiger partial charge in [-0.1, -0.05) is 0 Å². The molecule has 0 saturated heterocycles. The minimum absolute atomic E-state index is 0.111. The van der Waals surface area contributed by atoms with Crippen molar-refractivity contribution in [1.82, 2.24) is 0 Å². The van der Waals surface area contributed by atoms with Crippen LogP contribution in [0.3, 0.4) is 0 Å². The maximum Gasteiger partial charge on any atom is 0.0319 e. The molecule has 0 fully saturated rings. The molecule has 0 saturated carbocycles. The minimum atomic E-state index is -3.56. The van der Waals surface area contributed by atoms with Crippen molar-refractivity contribution in [2.24, 2.45) is 0 Å². The van der Waals surface area contributed by atoms with Gasteiger partial charge in [0, 0.05) is 14.2 Å². The summed E-state index contributed by atoms with van der Waals surface area (Å²) in [6.45, 7) is 13.8. The predicted molar refractivity (Wildman–Crippen MR) is 172 cm³/mol. The second-order valence-corrected chi connectivity index (χ2v) is 32.0. The maximum atomic E-state index is 7.19. The van der Waals surface area contributed by atoms with Gasteiger partial charge >= 0.3 is 221 Å². The third-order valence-corrected chi connectivity index (χ3v) is 15.3. The van der Waals surface area contributed by atoms with Gasteiger partial charge in [0.05, 0.1) is 0 Å². The molecule has 5 heteroatoms. The Labute approximate surface area is 244 Å². The fraction of sp³-hybridized carbons (Fsp3) is 0.371. The molecule has 40 heavy (non-hydrogen) atoms. The number of hydrogen-bond acceptors (Lipinski definition) is 3. The molecule has 0 amide bonds. The summed E-state index contributed by atoms with van der Waals surface area (Å²) in [5, 5.41) is 21.4. The Balaban J connectivity index is 0.00000106. The maximum absolute atomic E-state index is 7.19. The largest absolute Gasteiger partial charge is 0.400 e. The van der Waals surface area contributed by atoms with Gasteiger partial charge in [-0.3, -0.25) is 0 Å². The number of fused-ring (bicyclic) bond motifs is 4. The smallest absolute Gasteiger partial charge is 0.0319 e. The molecule has 3 nitrogen and oxygen atoms in total. The first-order valence-electron chi connectivity index (χ1n) is 14.1. The molecule has 0 spiro atoms. The van der Waals surface area contributed by atoms with Crippen LogP contribution < -0.4 is 3.32 Å². The monoisotopic (exact) mass is 592 g/mol. The van der Waals surface area contributed by atoms with E-state index in [0.717, 1.165) is 20.0 Å². The number of aliphatic hydroxyl groups is 2. The van der Waals surface area contributed by atoms with E-state index in [4.69, 9.17) is 13.5 Å². The van der Waals surface area contributed by atoms with Crippen LogP contribution in [0.4, 0.5) is 0 Å². The van der Waals surface area contributed by atoms with Gasteiger partial charge in [-0.15, -0.1) is 0 Å². The van der Waals surface area contributed by atoms with E-state index < -0.39 is 14.4 Å². The molecule has 2 N–H and O–H groups in total. The van der Waals surface area contributed by atoms with E-state index in [9.17, 15) is 0 Å². The molecule has 0 atom stereocenters. The summed E-state index contributed by atoms with van der Waals surface area (Å²) in [7, 11) is 4.17. The molecule has 0 aliphatic heterocycles. The average molecular weight is 593 g/mol. The SMILES string of the molecule is CC(C)(C)c1ccc2c(c1)-c1cc(C(C)(C)C)ccc1[CH]2[Ti]([CH3])([CH3])(=[SiH2])[O]c1ccc2ccccc2c1.CO.CO. The molecule has 4 aromatic rings. The Hall–Kier alpha value is -2.21. The quantitative estimate of drug-likeness (QED) is 0.237. The third-order valence-electron chi connectivity index (χ3n) is 7.82. The minimum Gasteiger partial charge on any atom is -0.400 e. The van der Waals surface area contributed by atoms with Crippen LogP contribution in [0.5, 0.6) is 5.75 Å². The van der Waals surface area contributed by atoms with Crippen LogP contribution in [-0.2, 0) is 25.3 Å². The molecule has 0 unspecified atom stereocenters. The van der Waals surface area contributed by atoms with Crippen LogP contribution in [0.2, 0.25) is 10.5 Å². The fourth-order valence-electron chi connectivity index (χ4n) is 5.83. The van der Waals surface area contributed by atoms with Crippen molar-refractivity contribution in [1.29, 1.82) is 0 Å². The van der Waals surface area contributed by atoms with Crippen molar-refractivity contribution in [3.63, 3.8) is 0 Å². The van der Waals surface area contributed by atoms with Crippen molar-refractivity contribution in [2.75, 3.05) is 14.2 Å². The van der Waals surface area contributed by atoms with E-state index in [2.05, 4.69) is 138 Å². The van der Waals surface area contributed by atoms with E-state index in [-0.39, 0.29) is 10.8 Å². The zero-order valence-electron chi connectivity index (χ0n) is 26.1. The van der Waals surface area contributed by atoms with Crippen LogP contribution in [0.15, 0.2) is 78.9 Å².